The molecule has 0 aliphatic rings. The monoisotopic (exact) mass is 416 g/mol. The Morgan fingerprint density at radius 3 is 2.64 bits per heavy atom. The summed E-state index contributed by atoms with van der Waals surface area (Å²) in [6.45, 7) is 0.871. The molecule has 0 fully saturated rings. The van der Waals surface area contributed by atoms with Crippen LogP contribution in [0.2, 0.25) is 5.02 Å². The molecule has 2 aromatic carbocycles. The second kappa shape index (κ2) is 10.3. The summed E-state index contributed by atoms with van der Waals surface area (Å²) in [5.74, 6) is 0.879. The Kier molecular flexibility index (Phi) is 7.47. The molecular formula is C20H21ClN4O2S. The highest BCUT2D eigenvalue weighted by Gasteiger charge is 2.15. The number of nitrogens with zero attached hydrogens (tertiary/aromatic N) is 3. The molecule has 3 rings (SSSR count). The van der Waals surface area contributed by atoms with Gasteiger partial charge in [-0.1, -0.05) is 59.8 Å². The van der Waals surface area contributed by atoms with Crippen LogP contribution in [0.1, 0.15) is 11.4 Å². The van der Waals surface area contributed by atoms with E-state index in [2.05, 4.69) is 15.5 Å². The van der Waals surface area contributed by atoms with Gasteiger partial charge in [0, 0.05) is 24.4 Å². The minimum absolute atomic E-state index is 0.0621. The van der Waals surface area contributed by atoms with Crippen LogP contribution in [0.25, 0.3) is 5.69 Å². The number of ether oxygens (including phenoxy) is 1. The minimum atomic E-state index is -0.0621. The Morgan fingerprint density at radius 2 is 1.89 bits per heavy atom. The van der Waals surface area contributed by atoms with Gasteiger partial charge in [0.1, 0.15) is 6.61 Å². The number of amides is 1. The van der Waals surface area contributed by atoms with Gasteiger partial charge in [0.05, 0.1) is 5.75 Å². The number of methoxy groups -OCH3 is 1. The molecule has 0 aliphatic heterocycles. The van der Waals surface area contributed by atoms with E-state index in [9.17, 15) is 4.79 Å². The van der Waals surface area contributed by atoms with E-state index in [0.29, 0.717) is 35.6 Å². The number of thioether (sulfide) groups is 1. The van der Waals surface area contributed by atoms with Crippen molar-refractivity contribution in [3.8, 4) is 5.69 Å². The van der Waals surface area contributed by atoms with E-state index >= 15 is 0 Å². The lowest BCUT2D eigenvalue weighted by Crippen LogP contribution is -2.27. The predicted octanol–water partition coefficient (Wildman–Crippen LogP) is 3.52. The van der Waals surface area contributed by atoms with Gasteiger partial charge >= 0.3 is 0 Å². The summed E-state index contributed by atoms with van der Waals surface area (Å²) in [5, 5.41) is 12.7. The zero-order valence-corrected chi connectivity index (χ0v) is 17.0. The van der Waals surface area contributed by atoms with Crippen LogP contribution in [0, 0.1) is 0 Å². The molecule has 146 valence electrons. The lowest BCUT2D eigenvalue weighted by molar-refractivity contribution is -0.118. The summed E-state index contributed by atoms with van der Waals surface area (Å²) < 4.78 is 7.12. The van der Waals surface area contributed by atoms with E-state index in [-0.39, 0.29) is 11.7 Å². The first-order valence-corrected chi connectivity index (χ1v) is 10.2. The Balaban J connectivity index is 1.58. The van der Waals surface area contributed by atoms with Crippen LogP contribution in [0.15, 0.2) is 59.8 Å². The molecule has 0 unspecified atom stereocenters. The molecule has 0 radical (unpaired) electrons. The number of benzene rings is 2. The van der Waals surface area contributed by atoms with Gasteiger partial charge in [-0.05, 0) is 30.2 Å². The van der Waals surface area contributed by atoms with Gasteiger partial charge in [0.2, 0.25) is 5.91 Å². The number of nitrogens with one attached hydrogen (secondary N) is 1. The standard InChI is InChI=1S/C20H21ClN4O2S/c1-27-13-18-23-24-20(25(18)16-8-3-2-4-9-16)28-14-19(26)22-12-11-15-7-5-6-10-17(15)21/h2-10H,11-14H2,1H3,(H,22,26). The molecule has 1 N–H and O–H groups in total. The zero-order chi connectivity index (χ0) is 19.8. The normalized spacial score (nSPS) is 10.8. The Bertz CT molecular complexity index is 918. The highest BCUT2D eigenvalue weighted by atomic mass is 35.5. The highest BCUT2D eigenvalue weighted by molar-refractivity contribution is 7.99. The fourth-order valence-electron chi connectivity index (χ4n) is 2.67. The molecule has 1 amide bonds. The number of rotatable bonds is 9. The third-order valence-electron chi connectivity index (χ3n) is 3.99. The molecule has 1 aromatic heterocycles. The summed E-state index contributed by atoms with van der Waals surface area (Å²) in [4.78, 5) is 12.2. The molecule has 0 saturated carbocycles. The lowest BCUT2D eigenvalue weighted by Gasteiger charge is -2.10. The second-order valence-electron chi connectivity index (χ2n) is 5.98. The van der Waals surface area contributed by atoms with E-state index < -0.39 is 0 Å². The smallest absolute Gasteiger partial charge is 0.230 e. The Labute approximate surface area is 173 Å². The Hall–Kier alpha value is -2.35. The summed E-state index contributed by atoms with van der Waals surface area (Å²) in [7, 11) is 1.61. The number of hydrogen-bond acceptors (Lipinski definition) is 5. The van der Waals surface area contributed by atoms with Crippen LogP contribution in [0.4, 0.5) is 0 Å². The number of halogens is 1. The quantitative estimate of drug-likeness (QED) is 0.540. The third-order valence-corrected chi connectivity index (χ3v) is 5.29. The van der Waals surface area contributed by atoms with Crippen LogP contribution in [-0.4, -0.2) is 40.1 Å². The second-order valence-corrected chi connectivity index (χ2v) is 7.33. The van der Waals surface area contributed by atoms with Crippen LogP contribution in [0.5, 0.6) is 0 Å². The maximum Gasteiger partial charge on any atom is 0.230 e. The van der Waals surface area contributed by atoms with Crippen molar-refractivity contribution in [1.82, 2.24) is 20.1 Å². The number of para-hydroxylation sites is 1. The summed E-state index contributed by atoms with van der Waals surface area (Å²) >= 11 is 7.48. The van der Waals surface area contributed by atoms with Crippen LogP contribution in [0.3, 0.4) is 0 Å². The number of aromatic nitrogens is 3. The van der Waals surface area contributed by atoms with Gasteiger partial charge in [-0.3, -0.25) is 9.36 Å². The molecule has 1 heterocycles. The predicted molar refractivity (Wildman–Crippen MR) is 111 cm³/mol. The first kappa shape index (κ1) is 20.4. The average molecular weight is 417 g/mol. The fraction of sp³-hybridized carbons (Fsp3) is 0.250. The molecule has 6 nitrogen and oxygen atoms in total. The van der Waals surface area contributed by atoms with Crippen molar-refractivity contribution in [2.75, 3.05) is 19.4 Å². The Morgan fingerprint density at radius 1 is 1.14 bits per heavy atom. The van der Waals surface area contributed by atoms with E-state index in [1.54, 1.807) is 7.11 Å². The van der Waals surface area contributed by atoms with E-state index in [1.807, 2.05) is 59.2 Å². The summed E-state index contributed by atoms with van der Waals surface area (Å²) in [6.07, 6.45) is 0.689. The van der Waals surface area contributed by atoms with Gasteiger partial charge in [-0.2, -0.15) is 0 Å². The maximum atomic E-state index is 12.2. The van der Waals surface area contributed by atoms with Gasteiger partial charge in [-0.15, -0.1) is 10.2 Å². The number of carbonyl (C=O) groups excluding carboxylic acids is 1. The molecule has 3 aromatic rings. The van der Waals surface area contributed by atoms with E-state index in [0.717, 1.165) is 11.3 Å². The van der Waals surface area contributed by atoms with Crippen molar-refractivity contribution in [2.45, 2.75) is 18.2 Å². The number of hydrogen-bond donors (Lipinski definition) is 1. The van der Waals surface area contributed by atoms with Gasteiger partial charge < -0.3 is 10.1 Å². The first-order chi connectivity index (χ1) is 13.7. The molecule has 0 saturated heterocycles. The molecule has 8 heteroatoms. The SMILES string of the molecule is COCc1nnc(SCC(=O)NCCc2ccccc2Cl)n1-c1ccccc1. The van der Waals surface area contributed by atoms with Crippen molar-refractivity contribution < 1.29 is 9.53 Å². The van der Waals surface area contributed by atoms with Crippen LogP contribution >= 0.6 is 23.4 Å². The molecule has 0 spiro atoms. The number of carbonyl (C=O) groups is 1. The van der Waals surface area contributed by atoms with E-state index in [1.165, 1.54) is 11.8 Å². The molecule has 0 atom stereocenters. The van der Waals surface area contributed by atoms with Crippen molar-refractivity contribution in [3.05, 3.63) is 71.0 Å². The van der Waals surface area contributed by atoms with Crippen molar-refractivity contribution >= 4 is 29.3 Å². The first-order valence-electron chi connectivity index (χ1n) is 8.80. The van der Waals surface area contributed by atoms with Crippen LogP contribution in [-0.2, 0) is 22.6 Å². The summed E-state index contributed by atoms with van der Waals surface area (Å²) in [6, 6.07) is 17.4. The largest absolute Gasteiger partial charge is 0.377 e. The van der Waals surface area contributed by atoms with Gasteiger partial charge in [-0.25, -0.2) is 0 Å². The van der Waals surface area contributed by atoms with E-state index in [4.69, 9.17) is 16.3 Å². The summed E-state index contributed by atoms with van der Waals surface area (Å²) in [5.41, 5.74) is 1.95. The zero-order valence-electron chi connectivity index (χ0n) is 15.5. The third kappa shape index (κ3) is 5.34. The lowest BCUT2D eigenvalue weighted by atomic mass is 10.1. The maximum absolute atomic E-state index is 12.2. The minimum Gasteiger partial charge on any atom is -0.377 e. The average Bonchev–Trinajstić information content (AvgIpc) is 3.11. The van der Waals surface area contributed by atoms with Crippen LogP contribution < -0.4 is 5.32 Å². The van der Waals surface area contributed by atoms with Crippen molar-refractivity contribution in [2.24, 2.45) is 0 Å². The highest BCUT2D eigenvalue weighted by Crippen LogP contribution is 2.22. The fourth-order valence-corrected chi connectivity index (χ4v) is 3.70. The van der Waals surface area contributed by atoms with Crippen molar-refractivity contribution in [1.29, 1.82) is 0 Å². The molecule has 0 aliphatic carbocycles. The van der Waals surface area contributed by atoms with Gasteiger partial charge in [0.25, 0.3) is 0 Å². The van der Waals surface area contributed by atoms with Gasteiger partial charge in [0.15, 0.2) is 11.0 Å². The topological polar surface area (TPSA) is 69.0 Å². The molecule has 0 bridgehead atoms. The van der Waals surface area contributed by atoms with Crippen molar-refractivity contribution in [3.63, 3.8) is 0 Å². The molecule has 28 heavy (non-hydrogen) atoms. The molecular weight excluding hydrogens is 396 g/mol.